The first kappa shape index (κ1) is 5.51. The van der Waals surface area contributed by atoms with Gasteiger partial charge in [-0.2, -0.15) is 0 Å². The first-order valence-electron chi connectivity index (χ1n) is 2.35. The molecule has 1 rings (SSSR count). The van der Waals surface area contributed by atoms with E-state index in [9.17, 15) is 0 Å². The van der Waals surface area contributed by atoms with E-state index in [0.717, 1.165) is 5.70 Å². The molecule has 2 nitrogen and oxygen atoms in total. The normalized spacial score (nSPS) is 17.8. The van der Waals surface area contributed by atoms with Crippen LogP contribution in [0.2, 0.25) is 0 Å². The van der Waals surface area contributed by atoms with Crippen LogP contribution in [0.4, 0.5) is 0 Å². The fourth-order valence-corrected chi connectivity index (χ4v) is 0.550. The van der Waals surface area contributed by atoms with Crippen molar-refractivity contribution in [3.05, 3.63) is 23.0 Å². The van der Waals surface area contributed by atoms with E-state index in [1.807, 2.05) is 13.0 Å². The molecule has 3 heteroatoms. The Morgan fingerprint density at radius 1 is 1.38 bits per heavy atom. The molecule has 8 heavy (non-hydrogen) atoms. The molecule has 0 fully saturated rings. The Morgan fingerprint density at radius 3 is 2.50 bits per heavy atom. The zero-order valence-electron chi connectivity index (χ0n) is 4.53. The standard InChI is InChI=1S/C5H7ClN2/c1-4-2-3-5(6)8-7-4/h2-3,7-8H,1H3. The summed E-state index contributed by atoms with van der Waals surface area (Å²) >= 11 is 5.52. The summed E-state index contributed by atoms with van der Waals surface area (Å²) in [7, 11) is 0. The topological polar surface area (TPSA) is 24.1 Å². The third-order valence-corrected chi connectivity index (χ3v) is 1.08. The van der Waals surface area contributed by atoms with Gasteiger partial charge in [0.2, 0.25) is 0 Å². The Kier molecular flexibility index (Phi) is 1.44. The molecule has 0 aromatic heterocycles. The first-order chi connectivity index (χ1) is 3.79. The number of rotatable bonds is 0. The summed E-state index contributed by atoms with van der Waals surface area (Å²) < 4.78 is 0. The number of nitrogens with one attached hydrogen (secondary N) is 2. The maximum absolute atomic E-state index is 5.52. The number of halogens is 1. The van der Waals surface area contributed by atoms with Crippen LogP contribution in [-0.4, -0.2) is 0 Å². The second-order valence-corrected chi connectivity index (χ2v) is 2.02. The van der Waals surface area contributed by atoms with Crippen LogP contribution in [0.25, 0.3) is 0 Å². The molecule has 0 aromatic rings. The van der Waals surface area contributed by atoms with Crippen LogP contribution >= 0.6 is 11.6 Å². The van der Waals surface area contributed by atoms with Gasteiger partial charge in [-0.3, -0.25) is 5.43 Å². The van der Waals surface area contributed by atoms with Crippen LogP contribution in [-0.2, 0) is 0 Å². The van der Waals surface area contributed by atoms with Crippen molar-refractivity contribution < 1.29 is 0 Å². The summed E-state index contributed by atoms with van der Waals surface area (Å²) in [4.78, 5) is 0. The Bertz CT molecular complexity index is 131. The molecule has 0 aromatic carbocycles. The largest absolute Gasteiger partial charge is 0.305 e. The maximum atomic E-state index is 5.52. The smallest absolute Gasteiger partial charge is 0.120 e. The summed E-state index contributed by atoms with van der Waals surface area (Å²) in [6.45, 7) is 1.95. The van der Waals surface area contributed by atoms with Crippen LogP contribution in [0.5, 0.6) is 0 Å². The minimum absolute atomic E-state index is 0.621. The highest BCUT2D eigenvalue weighted by molar-refractivity contribution is 6.29. The summed E-state index contributed by atoms with van der Waals surface area (Å²) in [5.74, 6) is 0. The lowest BCUT2D eigenvalue weighted by molar-refractivity contribution is 0.706. The van der Waals surface area contributed by atoms with Gasteiger partial charge in [-0.05, 0) is 19.1 Å². The van der Waals surface area contributed by atoms with Gasteiger partial charge >= 0.3 is 0 Å². The average Bonchev–Trinajstić information content (AvgIpc) is 1.77. The van der Waals surface area contributed by atoms with E-state index in [0.29, 0.717) is 5.16 Å². The molecule has 2 N–H and O–H groups in total. The van der Waals surface area contributed by atoms with E-state index < -0.39 is 0 Å². The van der Waals surface area contributed by atoms with Gasteiger partial charge in [-0.25, -0.2) is 0 Å². The highest BCUT2D eigenvalue weighted by atomic mass is 35.5. The predicted molar refractivity (Wildman–Crippen MR) is 34.0 cm³/mol. The molecule has 0 radical (unpaired) electrons. The van der Waals surface area contributed by atoms with Gasteiger partial charge in [0.1, 0.15) is 5.16 Å². The van der Waals surface area contributed by atoms with Gasteiger partial charge in [0, 0.05) is 5.70 Å². The number of hydrogen-bond donors (Lipinski definition) is 2. The van der Waals surface area contributed by atoms with Gasteiger partial charge < -0.3 is 5.43 Å². The van der Waals surface area contributed by atoms with Gasteiger partial charge in [0.15, 0.2) is 0 Å². The molecule has 0 spiro atoms. The van der Waals surface area contributed by atoms with Crippen LogP contribution in [0.1, 0.15) is 6.92 Å². The molecular weight excluding hydrogens is 124 g/mol. The van der Waals surface area contributed by atoms with Crippen molar-refractivity contribution in [1.82, 2.24) is 10.9 Å². The second-order valence-electron chi connectivity index (χ2n) is 1.61. The zero-order valence-corrected chi connectivity index (χ0v) is 5.29. The van der Waals surface area contributed by atoms with Crippen molar-refractivity contribution in [1.29, 1.82) is 0 Å². The fraction of sp³-hybridized carbons (Fsp3) is 0.200. The Hall–Kier alpha value is -0.630. The van der Waals surface area contributed by atoms with Gasteiger partial charge in [-0.1, -0.05) is 11.6 Å². The number of hydrazine groups is 1. The summed E-state index contributed by atoms with van der Waals surface area (Å²) in [6, 6.07) is 0. The third kappa shape index (κ3) is 1.17. The minimum atomic E-state index is 0.621. The fourth-order valence-electron chi connectivity index (χ4n) is 0.440. The van der Waals surface area contributed by atoms with Gasteiger partial charge in [-0.15, -0.1) is 0 Å². The molecule has 0 saturated carbocycles. The van der Waals surface area contributed by atoms with E-state index in [2.05, 4.69) is 10.9 Å². The Morgan fingerprint density at radius 2 is 2.12 bits per heavy atom. The molecule has 0 aliphatic carbocycles. The summed E-state index contributed by atoms with van der Waals surface area (Å²) in [5, 5.41) is 0.621. The molecule has 1 heterocycles. The predicted octanol–water partition coefficient (Wildman–Crippen LogP) is 1.08. The Balaban J connectivity index is 2.65. The van der Waals surface area contributed by atoms with Gasteiger partial charge in [0.05, 0.1) is 0 Å². The monoisotopic (exact) mass is 130 g/mol. The maximum Gasteiger partial charge on any atom is 0.120 e. The van der Waals surface area contributed by atoms with Crippen LogP contribution in [0.3, 0.4) is 0 Å². The van der Waals surface area contributed by atoms with E-state index in [1.54, 1.807) is 6.08 Å². The van der Waals surface area contributed by atoms with E-state index >= 15 is 0 Å². The lowest BCUT2D eigenvalue weighted by Crippen LogP contribution is -2.29. The molecule has 1 aliphatic heterocycles. The molecule has 44 valence electrons. The van der Waals surface area contributed by atoms with E-state index in [-0.39, 0.29) is 0 Å². The van der Waals surface area contributed by atoms with Crippen LogP contribution < -0.4 is 10.9 Å². The van der Waals surface area contributed by atoms with Crippen molar-refractivity contribution >= 4 is 11.6 Å². The average molecular weight is 131 g/mol. The van der Waals surface area contributed by atoms with Gasteiger partial charge in [0.25, 0.3) is 0 Å². The molecule has 0 unspecified atom stereocenters. The second kappa shape index (κ2) is 2.09. The molecule has 1 aliphatic rings. The lowest BCUT2D eigenvalue weighted by Gasteiger charge is -2.11. The molecular formula is C5H7ClN2. The number of allylic oxidation sites excluding steroid dienone is 3. The quantitative estimate of drug-likeness (QED) is 0.480. The SMILES string of the molecule is CC1=CC=C(Cl)NN1. The highest BCUT2D eigenvalue weighted by Gasteiger charge is 1.93. The van der Waals surface area contributed by atoms with Crippen molar-refractivity contribution in [2.24, 2.45) is 0 Å². The Labute approximate surface area is 53.2 Å². The minimum Gasteiger partial charge on any atom is -0.305 e. The van der Waals surface area contributed by atoms with E-state index in [4.69, 9.17) is 11.6 Å². The van der Waals surface area contributed by atoms with Crippen molar-refractivity contribution in [3.63, 3.8) is 0 Å². The lowest BCUT2D eigenvalue weighted by atomic mass is 10.4. The van der Waals surface area contributed by atoms with Crippen LogP contribution in [0, 0.1) is 0 Å². The van der Waals surface area contributed by atoms with Crippen LogP contribution in [0.15, 0.2) is 23.0 Å². The third-order valence-electron chi connectivity index (χ3n) is 0.859. The summed E-state index contributed by atoms with van der Waals surface area (Å²) in [6.07, 6.45) is 3.70. The molecule has 0 atom stereocenters. The van der Waals surface area contributed by atoms with E-state index in [1.165, 1.54) is 0 Å². The van der Waals surface area contributed by atoms with Crippen molar-refractivity contribution in [2.75, 3.05) is 0 Å². The zero-order chi connectivity index (χ0) is 5.98. The highest BCUT2D eigenvalue weighted by Crippen LogP contribution is 2.00. The molecule has 0 saturated heterocycles. The van der Waals surface area contributed by atoms with Crippen molar-refractivity contribution in [3.8, 4) is 0 Å². The number of hydrogen-bond acceptors (Lipinski definition) is 2. The van der Waals surface area contributed by atoms with Crippen molar-refractivity contribution in [2.45, 2.75) is 6.92 Å². The summed E-state index contributed by atoms with van der Waals surface area (Å²) in [5.41, 5.74) is 6.65. The molecule has 0 bridgehead atoms. The first-order valence-corrected chi connectivity index (χ1v) is 2.73. The molecule has 0 amide bonds.